The molecule has 3 N–H and O–H groups in total. The predicted molar refractivity (Wildman–Crippen MR) is 129 cm³/mol. The van der Waals surface area contributed by atoms with Crippen molar-refractivity contribution in [3.63, 3.8) is 0 Å². The summed E-state index contributed by atoms with van der Waals surface area (Å²) in [4.78, 5) is 25.9. The molecule has 33 heavy (non-hydrogen) atoms. The number of aryl methyl sites for hydroxylation is 1. The monoisotopic (exact) mass is 487 g/mol. The maximum atomic E-state index is 14.4. The molecule has 0 spiro atoms. The molecule has 0 atom stereocenters. The molecule has 0 saturated heterocycles. The molecule has 2 aromatic heterocycles. The fraction of sp³-hybridized carbons (Fsp3) is 0.391. The summed E-state index contributed by atoms with van der Waals surface area (Å²) in [5.74, 6) is -0.350. The lowest BCUT2D eigenvalue weighted by Gasteiger charge is -2.13. The van der Waals surface area contributed by atoms with Crippen LogP contribution in [0.3, 0.4) is 0 Å². The van der Waals surface area contributed by atoms with Crippen molar-refractivity contribution in [3.8, 4) is 11.4 Å². The highest BCUT2D eigenvalue weighted by atomic mass is 32.2. The Kier molecular flexibility index (Phi) is 7.14. The number of fused-ring (bicyclic) bond motifs is 1. The van der Waals surface area contributed by atoms with E-state index in [4.69, 9.17) is 5.73 Å². The summed E-state index contributed by atoms with van der Waals surface area (Å²) in [5, 5.41) is 12.4. The lowest BCUT2D eigenvalue weighted by molar-refractivity contribution is -0.113. The topological polar surface area (TPSA) is 103 Å². The van der Waals surface area contributed by atoms with Crippen molar-refractivity contribution < 1.29 is 14.0 Å². The number of hydrogen-bond donors (Lipinski definition) is 2. The summed E-state index contributed by atoms with van der Waals surface area (Å²) in [5.41, 5.74) is 7.41. The van der Waals surface area contributed by atoms with Gasteiger partial charge >= 0.3 is 0 Å². The second-order valence-corrected chi connectivity index (χ2v) is 10.5. The van der Waals surface area contributed by atoms with Gasteiger partial charge in [-0.2, -0.15) is 0 Å². The van der Waals surface area contributed by atoms with Crippen molar-refractivity contribution in [1.82, 2.24) is 14.8 Å². The van der Waals surface area contributed by atoms with Gasteiger partial charge in [0.2, 0.25) is 5.91 Å². The van der Waals surface area contributed by atoms with Crippen LogP contribution < -0.4 is 11.1 Å². The van der Waals surface area contributed by atoms with Gasteiger partial charge in [0.1, 0.15) is 10.8 Å². The van der Waals surface area contributed by atoms with Gasteiger partial charge in [0, 0.05) is 11.4 Å². The molecule has 0 unspecified atom stereocenters. The second kappa shape index (κ2) is 10.0. The van der Waals surface area contributed by atoms with E-state index < -0.39 is 5.91 Å². The van der Waals surface area contributed by atoms with E-state index >= 15 is 0 Å². The average Bonchev–Trinajstić information content (AvgIpc) is 3.33. The second-order valence-electron chi connectivity index (χ2n) is 8.41. The van der Waals surface area contributed by atoms with Gasteiger partial charge in [-0.25, -0.2) is 4.39 Å². The van der Waals surface area contributed by atoms with Gasteiger partial charge in [-0.15, -0.1) is 21.5 Å². The quantitative estimate of drug-likeness (QED) is 0.455. The number of carbonyl (C=O) groups excluding carboxylic acids is 2. The van der Waals surface area contributed by atoms with Crippen LogP contribution in [0.4, 0.5) is 9.39 Å². The number of halogens is 1. The lowest BCUT2D eigenvalue weighted by atomic mass is 9.95. The zero-order valence-corrected chi connectivity index (χ0v) is 20.2. The minimum Gasteiger partial charge on any atom is -0.365 e. The first-order chi connectivity index (χ1) is 15.8. The van der Waals surface area contributed by atoms with E-state index in [-0.39, 0.29) is 23.4 Å². The number of amides is 2. The van der Waals surface area contributed by atoms with Crippen LogP contribution in [-0.2, 0) is 24.2 Å². The average molecular weight is 488 g/mol. The number of nitrogens with two attached hydrogens (primary N) is 1. The molecular weight excluding hydrogens is 461 g/mol. The minimum absolute atomic E-state index is 0.0776. The van der Waals surface area contributed by atoms with E-state index in [1.54, 1.807) is 18.2 Å². The van der Waals surface area contributed by atoms with Crippen molar-refractivity contribution in [2.75, 3.05) is 11.1 Å². The molecule has 0 radical (unpaired) electrons. The number of nitrogens with one attached hydrogen (secondary N) is 1. The first-order valence-electron chi connectivity index (χ1n) is 10.9. The van der Waals surface area contributed by atoms with E-state index in [2.05, 4.69) is 29.4 Å². The highest BCUT2D eigenvalue weighted by Gasteiger charge is 2.25. The van der Waals surface area contributed by atoms with Gasteiger partial charge < -0.3 is 15.6 Å². The van der Waals surface area contributed by atoms with E-state index in [1.807, 2.05) is 4.57 Å². The summed E-state index contributed by atoms with van der Waals surface area (Å²) >= 11 is 2.67. The molecule has 2 amide bonds. The number of hydrogen-bond acceptors (Lipinski definition) is 6. The maximum absolute atomic E-state index is 14.4. The number of anilines is 1. The van der Waals surface area contributed by atoms with Gasteiger partial charge in [0.25, 0.3) is 5.91 Å². The van der Waals surface area contributed by atoms with Gasteiger partial charge in [-0.1, -0.05) is 37.7 Å². The van der Waals surface area contributed by atoms with Gasteiger partial charge in [-0.05, 0) is 49.3 Å². The van der Waals surface area contributed by atoms with Crippen molar-refractivity contribution in [3.05, 3.63) is 46.1 Å². The van der Waals surface area contributed by atoms with E-state index in [0.717, 1.165) is 36.1 Å². The third kappa shape index (κ3) is 5.11. The highest BCUT2D eigenvalue weighted by Crippen LogP contribution is 2.38. The Morgan fingerprint density at radius 2 is 2.00 bits per heavy atom. The first-order valence-corrected chi connectivity index (χ1v) is 12.7. The van der Waals surface area contributed by atoms with E-state index in [9.17, 15) is 14.0 Å². The van der Waals surface area contributed by atoms with Crippen LogP contribution in [-0.4, -0.2) is 32.3 Å². The zero-order chi connectivity index (χ0) is 23.5. The van der Waals surface area contributed by atoms with Gasteiger partial charge in [0.15, 0.2) is 11.0 Å². The Balaban J connectivity index is 1.52. The number of primary amides is 1. The van der Waals surface area contributed by atoms with Crippen LogP contribution in [0.5, 0.6) is 0 Å². The van der Waals surface area contributed by atoms with Crippen molar-refractivity contribution in [1.29, 1.82) is 0 Å². The Bertz CT molecular complexity index is 1190. The molecule has 0 fully saturated rings. The zero-order valence-electron chi connectivity index (χ0n) is 18.6. The summed E-state index contributed by atoms with van der Waals surface area (Å²) in [6.45, 7) is 4.69. The third-order valence-electron chi connectivity index (χ3n) is 5.38. The standard InChI is InChI=1S/C23H26FN5O2S2/c1-13(2)11-29-21(14-7-3-5-9-16(14)24)27-28-23(29)32-12-18(30)26-22-19(20(25)31)15-8-4-6-10-17(15)33-22/h3,5,7,9,13H,4,6,8,10-12H2,1-2H3,(H2,25,31)(H,26,30). The largest absolute Gasteiger partial charge is 0.365 e. The van der Waals surface area contributed by atoms with Crippen LogP contribution in [0.15, 0.2) is 29.4 Å². The fourth-order valence-electron chi connectivity index (χ4n) is 3.97. The number of aromatic nitrogens is 3. The molecule has 4 rings (SSSR count). The lowest BCUT2D eigenvalue weighted by Crippen LogP contribution is -2.19. The molecule has 1 aromatic carbocycles. The Labute approximate surface area is 200 Å². The van der Waals surface area contributed by atoms with Gasteiger partial charge in [0.05, 0.1) is 16.9 Å². The molecular formula is C23H26FN5O2S2. The van der Waals surface area contributed by atoms with Crippen LogP contribution >= 0.6 is 23.1 Å². The van der Waals surface area contributed by atoms with Crippen molar-refractivity contribution in [2.45, 2.75) is 51.2 Å². The van der Waals surface area contributed by atoms with Gasteiger partial charge in [-0.3, -0.25) is 9.59 Å². The molecule has 3 aromatic rings. The van der Waals surface area contributed by atoms with Crippen LogP contribution in [0.2, 0.25) is 0 Å². The van der Waals surface area contributed by atoms with E-state index in [1.165, 1.54) is 29.2 Å². The highest BCUT2D eigenvalue weighted by molar-refractivity contribution is 7.99. The minimum atomic E-state index is -0.511. The van der Waals surface area contributed by atoms with Crippen molar-refractivity contribution >= 4 is 39.9 Å². The number of thioether (sulfide) groups is 1. The molecule has 10 heteroatoms. The van der Waals surface area contributed by atoms with E-state index in [0.29, 0.717) is 33.7 Å². The number of carbonyl (C=O) groups is 2. The van der Waals surface area contributed by atoms with Crippen LogP contribution in [0.1, 0.15) is 47.5 Å². The maximum Gasteiger partial charge on any atom is 0.251 e. The number of nitrogens with zero attached hydrogens (tertiary/aromatic N) is 3. The first kappa shape index (κ1) is 23.4. The number of benzene rings is 1. The third-order valence-corrected chi connectivity index (χ3v) is 7.56. The summed E-state index contributed by atoms with van der Waals surface area (Å²) in [6.07, 6.45) is 3.81. The van der Waals surface area contributed by atoms with Crippen molar-refractivity contribution in [2.24, 2.45) is 11.7 Å². The predicted octanol–water partition coefficient (Wildman–Crippen LogP) is 4.51. The molecule has 7 nitrogen and oxygen atoms in total. The van der Waals surface area contributed by atoms with Crippen LogP contribution in [0.25, 0.3) is 11.4 Å². The Morgan fingerprint density at radius 1 is 1.24 bits per heavy atom. The Hall–Kier alpha value is -2.72. The Morgan fingerprint density at radius 3 is 2.73 bits per heavy atom. The summed E-state index contributed by atoms with van der Waals surface area (Å²) in [6, 6.07) is 6.44. The molecule has 2 heterocycles. The summed E-state index contributed by atoms with van der Waals surface area (Å²) < 4.78 is 16.2. The normalized spacial score (nSPS) is 13.2. The molecule has 0 bridgehead atoms. The smallest absolute Gasteiger partial charge is 0.251 e. The molecule has 1 aliphatic rings. The van der Waals surface area contributed by atoms with Crippen LogP contribution in [0, 0.1) is 11.7 Å². The summed E-state index contributed by atoms with van der Waals surface area (Å²) in [7, 11) is 0. The fourth-order valence-corrected chi connectivity index (χ4v) is 6.03. The molecule has 0 saturated carbocycles. The molecule has 0 aliphatic heterocycles. The number of rotatable bonds is 8. The molecule has 174 valence electrons. The SMILES string of the molecule is CC(C)Cn1c(SCC(=O)Nc2sc3c(c2C(N)=O)CCCC3)nnc1-c1ccccc1F. The number of thiophene rings is 1. The molecule has 1 aliphatic carbocycles.